The molecule has 1 fully saturated rings. The van der Waals surface area contributed by atoms with E-state index in [1.165, 1.54) is 0 Å². The van der Waals surface area contributed by atoms with Crippen LogP contribution in [0.3, 0.4) is 0 Å². The summed E-state index contributed by atoms with van der Waals surface area (Å²) in [6.45, 7) is 9.73. The second-order valence-electron chi connectivity index (χ2n) is 6.86. The Morgan fingerprint density at radius 3 is 2.61 bits per heavy atom. The highest BCUT2D eigenvalue weighted by atomic mass is 35.5. The molecule has 5 heteroatoms. The summed E-state index contributed by atoms with van der Waals surface area (Å²) in [5.41, 5.74) is 1.01. The van der Waals surface area contributed by atoms with E-state index in [1.54, 1.807) is 0 Å². The molecule has 128 valence electrons. The maximum absolute atomic E-state index is 12.2. The maximum Gasteiger partial charge on any atom is 0.315 e. The van der Waals surface area contributed by atoms with Crippen LogP contribution in [0.1, 0.15) is 45.2 Å². The third-order valence-corrected chi connectivity index (χ3v) is 4.48. The number of hydrogen-bond acceptors (Lipinski definition) is 2. The van der Waals surface area contributed by atoms with Gasteiger partial charge in [-0.15, -0.1) is 0 Å². The normalized spacial score (nSPS) is 18.0. The number of nitrogens with one attached hydrogen (secondary N) is 2. The van der Waals surface area contributed by atoms with Gasteiger partial charge in [-0.3, -0.25) is 0 Å². The number of carbonyl (C=O) groups is 1. The molecule has 0 spiro atoms. The predicted octanol–water partition coefficient (Wildman–Crippen LogP) is 3.82. The Morgan fingerprint density at radius 1 is 1.30 bits per heavy atom. The van der Waals surface area contributed by atoms with E-state index in [1.807, 2.05) is 31.2 Å². The van der Waals surface area contributed by atoms with E-state index >= 15 is 0 Å². The zero-order valence-corrected chi connectivity index (χ0v) is 15.1. The number of amides is 2. The molecule has 1 aliphatic rings. The molecule has 1 heterocycles. The molecule has 1 aromatic rings. The number of rotatable bonds is 5. The number of piperidine rings is 1. The van der Waals surface area contributed by atoms with Gasteiger partial charge >= 0.3 is 6.03 Å². The zero-order chi connectivity index (χ0) is 16.8. The number of hydrogen-bond donors (Lipinski definition) is 2. The minimum absolute atomic E-state index is 0.0604. The number of carbonyl (C=O) groups excluding carboxylic acids is 1. The van der Waals surface area contributed by atoms with Crippen molar-refractivity contribution < 1.29 is 4.79 Å². The van der Waals surface area contributed by atoms with Crippen molar-refractivity contribution in [2.75, 3.05) is 19.6 Å². The largest absolute Gasteiger partial charge is 0.335 e. The van der Waals surface area contributed by atoms with Crippen LogP contribution < -0.4 is 10.6 Å². The Hall–Kier alpha value is -1.26. The third-order valence-electron chi connectivity index (χ3n) is 4.24. The van der Waals surface area contributed by atoms with E-state index < -0.39 is 0 Å². The SMILES string of the molecule is CC(C)CN1CCC(NC(=O)NC(C)c2cccc(Cl)c2)CC1. The molecule has 1 atom stereocenters. The van der Waals surface area contributed by atoms with Crippen molar-refractivity contribution in [2.45, 2.75) is 45.7 Å². The van der Waals surface area contributed by atoms with E-state index in [0.717, 1.165) is 38.0 Å². The quantitative estimate of drug-likeness (QED) is 0.857. The lowest BCUT2D eigenvalue weighted by atomic mass is 10.0. The van der Waals surface area contributed by atoms with Gasteiger partial charge in [0.15, 0.2) is 0 Å². The van der Waals surface area contributed by atoms with Crippen molar-refractivity contribution in [2.24, 2.45) is 5.92 Å². The summed E-state index contributed by atoms with van der Waals surface area (Å²) >= 11 is 6.00. The lowest BCUT2D eigenvalue weighted by molar-refractivity contribution is 0.177. The number of halogens is 1. The molecule has 0 aliphatic carbocycles. The van der Waals surface area contributed by atoms with Crippen molar-refractivity contribution in [1.29, 1.82) is 0 Å². The fourth-order valence-corrected chi connectivity index (χ4v) is 3.26. The Kier molecular flexibility index (Phi) is 6.72. The van der Waals surface area contributed by atoms with Crippen LogP contribution in [0.4, 0.5) is 4.79 Å². The molecule has 1 unspecified atom stereocenters. The Morgan fingerprint density at radius 2 is 2.00 bits per heavy atom. The van der Waals surface area contributed by atoms with E-state index in [-0.39, 0.29) is 18.1 Å². The van der Waals surface area contributed by atoms with Gasteiger partial charge < -0.3 is 15.5 Å². The molecule has 23 heavy (non-hydrogen) atoms. The predicted molar refractivity (Wildman–Crippen MR) is 95.8 cm³/mol. The highest BCUT2D eigenvalue weighted by Gasteiger charge is 2.21. The molecular weight excluding hydrogens is 310 g/mol. The highest BCUT2D eigenvalue weighted by Crippen LogP contribution is 2.17. The summed E-state index contributed by atoms with van der Waals surface area (Å²) in [7, 11) is 0. The number of nitrogens with zero attached hydrogens (tertiary/aromatic N) is 1. The Labute approximate surface area is 144 Å². The molecule has 1 saturated heterocycles. The van der Waals surface area contributed by atoms with Crippen molar-refractivity contribution in [1.82, 2.24) is 15.5 Å². The van der Waals surface area contributed by atoms with Crippen LogP contribution in [0.2, 0.25) is 5.02 Å². The molecule has 1 aliphatic heterocycles. The summed E-state index contributed by atoms with van der Waals surface area (Å²) in [4.78, 5) is 14.7. The van der Waals surface area contributed by atoms with E-state index in [2.05, 4.69) is 29.4 Å². The van der Waals surface area contributed by atoms with Gasteiger partial charge in [-0.25, -0.2) is 4.79 Å². The van der Waals surface area contributed by atoms with Gasteiger partial charge in [0.25, 0.3) is 0 Å². The van der Waals surface area contributed by atoms with Crippen LogP contribution in [0.25, 0.3) is 0 Å². The number of benzene rings is 1. The molecule has 0 saturated carbocycles. The average Bonchev–Trinajstić information content (AvgIpc) is 2.48. The van der Waals surface area contributed by atoms with Crippen molar-refractivity contribution in [3.8, 4) is 0 Å². The smallest absolute Gasteiger partial charge is 0.315 e. The summed E-state index contributed by atoms with van der Waals surface area (Å²) in [6, 6.07) is 7.71. The van der Waals surface area contributed by atoms with Crippen molar-refractivity contribution >= 4 is 17.6 Å². The van der Waals surface area contributed by atoms with E-state index in [0.29, 0.717) is 10.9 Å². The standard InChI is InChI=1S/C18H28ClN3O/c1-13(2)12-22-9-7-17(8-10-22)21-18(23)20-14(3)15-5-4-6-16(19)11-15/h4-6,11,13-14,17H,7-10,12H2,1-3H3,(H2,20,21,23). The van der Waals surface area contributed by atoms with Crippen LogP contribution >= 0.6 is 11.6 Å². The summed E-state index contributed by atoms with van der Waals surface area (Å²) in [6.07, 6.45) is 2.04. The minimum Gasteiger partial charge on any atom is -0.335 e. The summed E-state index contributed by atoms with van der Waals surface area (Å²) in [5.74, 6) is 0.696. The second-order valence-corrected chi connectivity index (χ2v) is 7.30. The van der Waals surface area contributed by atoms with Crippen molar-refractivity contribution in [3.05, 3.63) is 34.9 Å². The molecule has 0 bridgehead atoms. The lowest BCUT2D eigenvalue weighted by Gasteiger charge is -2.33. The van der Waals surface area contributed by atoms with Gasteiger partial charge in [-0.2, -0.15) is 0 Å². The maximum atomic E-state index is 12.2. The zero-order valence-electron chi connectivity index (χ0n) is 14.3. The topological polar surface area (TPSA) is 44.4 Å². The van der Waals surface area contributed by atoms with Crippen LogP contribution in [-0.4, -0.2) is 36.6 Å². The van der Waals surface area contributed by atoms with Gasteiger partial charge in [0.2, 0.25) is 0 Å². The Bertz CT molecular complexity index is 513. The van der Waals surface area contributed by atoms with Gasteiger partial charge in [0.05, 0.1) is 6.04 Å². The lowest BCUT2D eigenvalue weighted by Crippen LogP contribution is -2.48. The highest BCUT2D eigenvalue weighted by molar-refractivity contribution is 6.30. The second kappa shape index (κ2) is 8.55. The van der Waals surface area contributed by atoms with Gasteiger partial charge in [0.1, 0.15) is 0 Å². The van der Waals surface area contributed by atoms with Gasteiger partial charge in [0, 0.05) is 30.7 Å². The van der Waals surface area contributed by atoms with Crippen LogP contribution in [0.15, 0.2) is 24.3 Å². The number of likely N-dealkylation sites (tertiary alicyclic amines) is 1. The van der Waals surface area contributed by atoms with Crippen LogP contribution in [0.5, 0.6) is 0 Å². The van der Waals surface area contributed by atoms with Crippen LogP contribution in [0, 0.1) is 5.92 Å². The van der Waals surface area contributed by atoms with Gasteiger partial charge in [-0.05, 0) is 43.4 Å². The first-order valence-electron chi connectivity index (χ1n) is 8.49. The molecule has 2 rings (SSSR count). The molecule has 2 amide bonds. The van der Waals surface area contributed by atoms with E-state index in [9.17, 15) is 4.79 Å². The fraction of sp³-hybridized carbons (Fsp3) is 0.611. The first kappa shape index (κ1) is 18.1. The molecule has 4 nitrogen and oxygen atoms in total. The monoisotopic (exact) mass is 337 g/mol. The summed E-state index contributed by atoms with van der Waals surface area (Å²) in [5, 5.41) is 6.78. The fourth-order valence-electron chi connectivity index (χ4n) is 3.06. The molecule has 0 aromatic heterocycles. The van der Waals surface area contributed by atoms with Crippen molar-refractivity contribution in [3.63, 3.8) is 0 Å². The molecule has 1 aromatic carbocycles. The average molecular weight is 338 g/mol. The summed E-state index contributed by atoms with van der Waals surface area (Å²) < 4.78 is 0. The first-order valence-corrected chi connectivity index (χ1v) is 8.86. The first-order chi connectivity index (χ1) is 10.9. The van der Waals surface area contributed by atoms with Crippen LogP contribution in [-0.2, 0) is 0 Å². The Balaban J connectivity index is 1.75. The molecule has 0 radical (unpaired) electrons. The van der Waals surface area contributed by atoms with E-state index in [4.69, 9.17) is 11.6 Å². The molecule has 2 N–H and O–H groups in total. The number of urea groups is 1. The third kappa shape index (κ3) is 6.04. The minimum atomic E-state index is -0.0974. The molecular formula is C18H28ClN3O. The van der Waals surface area contributed by atoms with Gasteiger partial charge in [-0.1, -0.05) is 37.6 Å².